The molecule has 128 valence electrons. The Balaban J connectivity index is 2.11. The minimum absolute atomic E-state index is 0.455. The molecule has 0 aliphatic carbocycles. The Morgan fingerprint density at radius 2 is 1.76 bits per heavy atom. The number of para-hydroxylation sites is 1. The highest BCUT2D eigenvalue weighted by molar-refractivity contribution is 6.14. The number of carbonyl (C=O) groups excluding carboxylic acids is 2. The van der Waals surface area contributed by atoms with Crippen molar-refractivity contribution in [2.24, 2.45) is 0 Å². The molecule has 3 rings (SSSR count). The lowest BCUT2D eigenvalue weighted by Gasteiger charge is -2.35. The van der Waals surface area contributed by atoms with Gasteiger partial charge in [-0.05, 0) is 24.6 Å². The summed E-state index contributed by atoms with van der Waals surface area (Å²) in [4.78, 5) is 25.9. The van der Waals surface area contributed by atoms with Gasteiger partial charge in [-0.2, -0.15) is 0 Å². The molecule has 0 spiro atoms. The van der Waals surface area contributed by atoms with Crippen LogP contribution in [0.2, 0.25) is 0 Å². The van der Waals surface area contributed by atoms with E-state index >= 15 is 0 Å². The molecular weight excluding hydrogens is 318 g/mol. The number of ether oxygens (including phenoxy) is 1. The fourth-order valence-corrected chi connectivity index (χ4v) is 2.92. The van der Waals surface area contributed by atoms with Crippen LogP contribution in [0.3, 0.4) is 0 Å². The Morgan fingerprint density at radius 1 is 1.12 bits per heavy atom. The summed E-state index contributed by atoms with van der Waals surface area (Å²) < 4.78 is 4.67. The summed E-state index contributed by atoms with van der Waals surface area (Å²) in [6.45, 7) is 1.97. The number of ketones is 1. The second kappa shape index (κ2) is 6.53. The molecule has 0 saturated carbocycles. The molecule has 0 radical (unpaired) electrons. The maximum atomic E-state index is 12.6. The van der Waals surface area contributed by atoms with Crippen molar-refractivity contribution in [2.75, 3.05) is 12.0 Å². The molecule has 1 aliphatic heterocycles. The van der Waals surface area contributed by atoms with Crippen LogP contribution in [0, 0.1) is 6.92 Å². The SMILES string of the molecule is COC(=O)CC1(O)C(=O)C=C(c2ccc(C)cc2)N1c1ccccc1. The van der Waals surface area contributed by atoms with Crippen LogP contribution in [-0.2, 0) is 14.3 Å². The van der Waals surface area contributed by atoms with Gasteiger partial charge >= 0.3 is 5.97 Å². The molecule has 0 amide bonds. The van der Waals surface area contributed by atoms with Gasteiger partial charge in [0.15, 0.2) is 0 Å². The van der Waals surface area contributed by atoms with Crippen LogP contribution in [-0.4, -0.2) is 29.7 Å². The third-order valence-corrected chi connectivity index (χ3v) is 4.25. The number of aryl methyl sites for hydroxylation is 1. The van der Waals surface area contributed by atoms with Crippen LogP contribution in [0.1, 0.15) is 17.5 Å². The first-order chi connectivity index (χ1) is 12.0. The van der Waals surface area contributed by atoms with Crippen molar-refractivity contribution in [2.45, 2.75) is 19.1 Å². The monoisotopic (exact) mass is 337 g/mol. The van der Waals surface area contributed by atoms with Gasteiger partial charge in [0.1, 0.15) is 6.42 Å². The van der Waals surface area contributed by atoms with Gasteiger partial charge in [-0.1, -0.05) is 48.0 Å². The van der Waals surface area contributed by atoms with Gasteiger partial charge < -0.3 is 14.7 Å². The van der Waals surface area contributed by atoms with Crippen LogP contribution < -0.4 is 4.90 Å². The van der Waals surface area contributed by atoms with Gasteiger partial charge in [-0.3, -0.25) is 9.59 Å². The number of hydrogen-bond donors (Lipinski definition) is 1. The minimum Gasteiger partial charge on any atom is -0.469 e. The fraction of sp³-hybridized carbons (Fsp3) is 0.200. The van der Waals surface area contributed by atoms with Gasteiger partial charge in [-0.15, -0.1) is 0 Å². The van der Waals surface area contributed by atoms with Crippen LogP contribution >= 0.6 is 0 Å². The van der Waals surface area contributed by atoms with E-state index in [-0.39, 0.29) is 0 Å². The number of nitrogens with zero attached hydrogens (tertiary/aromatic N) is 1. The highest BCUT2D eigenvalue weighted by atomic mass is 16.5. The molecule has 0 aromatic heterocycles. The number of hydrogen-bond acceptors (Lipinski definition) is 5. The predicted molar refractivity (Wildman–Crippen MR) is 94.7 cm³/mol. The van der Waals surface area contributed by atoms with Crippen molar-refractivity contribution in [3.63, 3.8) is 0 Å². The molecule has 5 nitrogen and oxygen atoms in total. The summed E-state index contributed by atoms with van der Waals surface area (Å²) in [5, 5.41) is 11.1. The van der Waals surface area contributed by atoms with E-state index in [0.29, 0.717) is 11.4 Å². The van der Waals surface area contributed by atoms with Crippen LogP contribution in [0.25, 0.3) is 5.70 Å². The first kappa shape index (κ1) is 16.9. The Labute approximate surface area is 146 Å². The molecule has 0 saturated heterocycles. The standard InChI is InChI=1S/C20H19NO4/c1-14-8-10-15(11-9-14)17-12-18(22)20(24,13-19(23)25-2)21(17)16-6-4-3-5-7-16/h3-12,24H,13H2,1-2H3. The highest BCUT2D eigenvalue weighted by Crippen LogP contribution is 2.40. The third kappa shape index (κ3) is 3.06. The van der Waals surface area contributed by atoms with Crippen molar-refractivity contribution in [1.82, 2.24) is 0 Å². The van der Waals surface area contributed by atoms with E-state index in [4.69, 9.17) is 0 Å². The van der Waals surface area contributed by atoms with Crippen molar-refractivity contribution in [3.8, 4) is 0 Å². The van der Waals surface area contributed by atoms with Crippen molar-refractivity contribution < 1.29 is 19.4 Å². The smallest absolute Gasteiger partial charge is 0.310 e. The maximum Gasteiger partial charge on any atom is 0.310 e. The molecule has 1 heterocycles. The molecule has 0 bridgehead atoms. The quantitative estimate of drug-likeness (QED) is 0.869. The zero-order valence-electron chi connectivity index (χ0n) is 14.1. The molecule has 1 N–H and O–H groups in total. The van der Waals surface area contributed by atoms with Crippen molar-refractivity contribution in [1.29, 1.82) is 0 Å². The molecule has 1 aliphatic rings. The molecule has 2 aromatic rings. The molecule has 5 heteroatoms. The largest absolute Gasteiger partial charge is 0.469 e. The molecule has 2 aromatic carbocycles. The molecule has 0 fully saturated rings. The summed E-state index contributed by atoms with van der Waals surface area (Å²) in [5.74, 6) is -1.20. The summed E-state index contributed by atoms with van der Waals surface area (Å²) in [6, 6.07) is 16.7. The number of anilines is 1. The number of rotatable bonds is 4. The van der Waals surface area contributed by atoms with Crippen LogP contribution in [0.5, 0.6) is 0 Å². The van der Waals surface area contributed by atoms with E-state index in [1.807, 2.05) is 49.4 Å². The van der Waals surface area contributed by atoms with Gasteiger partial charge in [-0.25, -0.2) is 0 Å². The molecule has 1 atom stereocenters. The number of carbonyl (C=O) groups is 2. The maximum absolute atomic E-state index is 12.6. The van der Waals surface area contributed by atoms with Gasteiger partial charge in [0.2, 0.25) is 11.5 Å². The average molecular weight is 337 g/mol. The minimum atomic E-state index is -2.01. The molecule has 1 unspecified atom stereocenters. The van der Waals surface area contributed by atoms with E-state index in [1.165, 1.54) is 18.1 Å². The van der Waals surface area contributed by atoms with E-state index in [0.717, 1.165) is 11.1 Å². The summed E-state index contributed by atoms with van der Waals surface area (Å²) in [7, 11) is 1.23. The van der Waals surface area contributed by atoms with Gasteiger partial charge in [0, 0.05) is 11.8 Å². The fourth-order valence-electron chi connectivity index (χ4n) is 2.92. The second-order valence-electron chi connectivity index (χ2n) is 6.00. The number of aliphatic hydroxyl groups is 1. The first-order valence-electron chi connectivity index (χ1n) is 7.93. The number of methoxy groups -OCH3 is 1. The Kier molecular flexibility index (Phi) is 4.42. The zero-order chi connectivity index (χ0) is 18.0. The van der Waals surface area contributed by atoms with Crippen molar-refractivity contribution in [3.05, 3.63) is 71.8 Å². The summed E-state index contributed by atoms with van der Waals surface area (Å²) in [5.41, 5.74) is 1.02. The van der Waals surface area contributed by atoms with Crippen LogP contribution in [0.15, 0.2) is 60.7 Å². The third-order valence-electron chi connectivity index (χ3n) is 4.25. The lowest BCUT2D eigenvalue weighted by Crippen LogP contribution is -2.51. The van der Waals surface area contributed by atoms with E-state index in [2.05, 4.69) is 4.74 Å². The Hall–Kier alpha value is -2.92. The second-order valence-corrected chi connectivity index (χ2v) is 6.00. The predicted octanol–water partition coefficient (Wildman–Crippen LogP) is 2.68. The Morgan fingerprint density at radius 3 is 2.36 bits per heavy atom. The lowest BCUT2D eigenvalue weighted by molar-refractivity contribution is -0.150. The van der Waals surface area contributed by atoms with E-state index < -0.39 is 23.9 Å². The van der Waals surface area contributed by atoms with Crippen molar-refractivity contribution >= 4 is 23.1 Å². The number of esters is 1. The normalized spacial score (nSPS) is 19.7. The number of benzene rings is 2. The van der Waals surface area contributed by atoms with E-state index in [1.54, 1.807) is 12.1 Å². The summed E-state index contributed by atoms with van der Waals surface area (Å²) in [6.07, 6.45) is 0.920. The summed E-state index contributed by atoms with van der Waals surface area (Å²) >= 11 is 0. The van der Waals surface area contributed by atoms with Gasteiger partial charge in [0.05, 0.1) is 12.8 Å². The van der Waals surface area contributed by atoms with Gasteiger partial charge in [0.25, 0.3) is 0 Å². The zero-order valence-corrected chi connectivity index (χ0v) is 14.1. The molecular formula is C20H19NO4. The lowest BCUT2D eigenvalue weighted by atomic mass is 10.0. The van der Waals surface area contributed by atoms with E-state index in [9.17, 15) is 14.7 Å². The molecule has 25 heavy (non-hydrogen) atoms. The highest BCUT2D eigenvalue weighted by Gasteiger charge is 2.50. The first-order valence-corrected chi connectivity index (χ1v) is 7.93. The topological polar surface area (TPSA) is 66.8 Å². The van der Waals surface area contributed by atoms with Crippen LogP contribution in [0.4, 0.5) is 5.69 Å². The Bertz CT molecular complexity index is 827. The average Bonchev–Trinajstić information content (AvgIpc) is 2.87.